The molecule has 0 unspecified atom stereocenters. The molecule has 0 aromatic heterocycles. The lowest BCUT2D eigenvalue weighted by Gasteiger charge is -2.38. The number of anilines is 1. The van der Waals surface area contributed by atoms with E-state index in [9.17, 15) is 14.4 Å². The molecular weight excluding hydrogens is 562 g/mol. The highest BCUT2D eigenvalue weighted by molar-refractivity contribution is 6.34. The van der Waals surface area contributed by atoms with Crippen molar-refractivity contribution < 1.29 is 19.1 Å². The Bertz CT molecular complexity index is 1900. The van der Waals surface area contributed by atoms with Crippen LogP contribution in [-0.2, 0) is 10.2 Å². The predicted octanol–water partition coefficient (Wildman–Crippen LogP) is 6.22. The maximum absolute atomic E-state index is 14.9. The second kappa shape index (κ2) is 10.3. The molecule has 1 saturated heterocycles. The molecule has 210 valence electrons. The number of hydrogen-bond acceptors (Lipinski definition) is 6. The average Bonchev–Trinajstić information content (AvgIpc) is 3.52. The third-order valence-corrected chi connectivity index (χ3v) is 9.04. The summed E-state index contributed by atoms with van der Waals surface area (Å²) in [7, 11) is 0. The minimum atomic E-state index is -1.48. The van der Waals surface area contributed by atoms with Crippen LogP contribution in [0.2, 0.25) is 5.02 Å². The van der Waals surface area contributed by atoms with Crippen molar-refractivity contribution in [3.8, 4) is 11.8 Å². The van der Waals surface area contributed by atoms with Gasteiger partial charge in [0.15, 0.2) is 18.2 Å². The quantitative estimate of drug-likeness (QED) is 0.270. The maximum atomic E-state index is 14.9. The van der Waals surface area contributed by atoms with Crippen LogP contribution in [0.15, 0.2) is 103 Å². The summed E-state index contributed by atoms with van der Waals surface area (Å²) in [5.41, 5.74) is 1.95. The van der Waals surface area contributed by atoms with Gasteiger partial charge in [0.1, 0.15) is 23.3 Å². The molecule has 4 aromatic rings. The molecule has 8 heteroatoms. The molecule has 4 aromatic carbocycles. The van der Waals surface area contributed by atoms with E-state index in [1.165, 1.54) is 0 Å². The lowest BCUT2D eigenvalue weighted by Crippen LogP contribution is -2.49. The number of Topliss-reactive ketones (excluding diaryl/α,β-unsaturated/α-hetero) is 2. The van der Waals surface area contributed by atoms with E-state index >= 15 is 0 Å². The van der Waals surface area contributed by atoms with E-state index in [1.807, 2.05) is 71.8 Å². The highest BCUT2D eigenvalue weighted by Gasteiger charge is 2.71. The summed E-state index contributed by atoms with van der Waals surface area (Å²) in [6.45, 7) is -0.254. The Morgan fingerprint density at radius 1 is 0.907 bits per heavy atom. The standard InChI is InChI=1S/C35H24ClN3O4/c36-26-14-6-3-11-23(26)31(40)29-30(32(41)24-12-4-8-16-28(24)43-20-18-37)39-19-17-21-9-1-2-10-22(21)33(39)35(29)25-13-5-7-15-27(25)38-34(35)42/h1-17,19,29-30,33H,20H2,(H,38,42)/t29-,30+,33+,35+/m0/s1. The number of ketones is 2. The monoisotopic (exact) mass is 585 g/mol. The van der Waals surface area contributed by atoms with Crippen LogP contribution in [0.4, 0.5) is 5.69 Å². The minimum absolute atomic E-state index is 0.217. The average molecular weight is 586 g/mol. The van der Waals surface area contributed by atoms with E-state index in [0.717, 1.165) is 11.1 Å². The summed E-state index contributed by atoms with van der Waals surface area (Å²) in [6, 6.07) is 28.6. The molecule has 4 atom stereocenters. The molecule has 0 radical (unpaired) electrons. The molecule has 0 bridgehead atoms. The summed E-state index contributed by atoms with van der Waals surface area (Å²) in [6.07, 6.45) is 3.71. The zero-order valence-electron chi connectivity index (χ0n) is 22.7. The van der Waals surface area contributed by atoms with E-state index in [-0.39, 0.29) is 34.4 Å². The fraction of sp³-hybridized carbons (Fsp3) is 0.143. The molecule has 0 saturated carbocycles. The molecule has 3 heterocycles. The van der Waals surface area contributed by atoms with Gasteiger partial charge in [-0.2, -0.15) is 5.26 Å². The SMILES string of the molecule is N#CCOc1ccccc1C(=O)[C@H]1[C@@H](C(=O)c2ccccc2Cl)[C@@]2(C(=O)Nc3ccccc32)[C@H]2c3ccccc3C=CN12. The third-order valence-electron chi connectivity index (χ3n) is 8.71. The second-order valence-electron chi connectivity index (χ2n) is 10.7. The van der Waals surface area contributed by atoms with Crippen LogP contribution in [0, 0.1) is 17.2 Å². The molecule has 1 fully saturated rings. The second-order valence-corrected chi connectivity index (χ2v) is 11.1. The highest BCUT2D eigenvalue weighted by Crippen LogP contribution is 2.62. The Morgan fingerprint density at radius 3 is 2.42 bits per heavy atom. The Hall–Kier alpha value is -5.19. The van der Waals surface area contributed by atoms with Crippen LogP contribution in [0.5, 0.6) is 5.75 Å². The van der Waals surface area contributed by atoms with Gasteiger partial charge in [-0.25, -0.2) is 0 Å². The summed E-state index contributed by atoms with van der Waals surface area (Å²) in [5, 5.41) is 12.4. The van der Waals surface area contributed by atoms with Gasteiger partial charge in [-0.15, -0.1) is 0 Å². The van der Waals surface area contributed by atoms with Crippen molar-refractivity contribution in [2.45, 2.75) is 17.5 Å². The molecule has 3 aliphatic rings. The molecule has 0 aliphatic carbocycles. The molecular formula is C35H24ClN3O4. The molecule has 1 N–H and O–H groups in total. The first-order valence-corrected chi connectivity index (χ1v) is 14.2. The van der Waals surface area contributed by atoms with Crippen LogP contribution < -0.4 is 10.1 Å². The zero-order valence-corrected chi connectivity index (χ0v) is 23.5. The number of nitrogens with zero attached hydrogens (tertiary/aromatic N) is 2. The Balaban J connectivity index is 1.53. The first-order chi connectivity index (χ1) is 21.0. The smallest absolute Gasteiger partial charge is 0.238 e. The fourth-order valence-electron chi connectivity index (χ4n) is 7.06. The van der Waals surface area contributed by atoms with E-state index in [1.54, 1.807) is 48.5 Å². The van der Waals surface area contributed by atoms with Crippen LogP contribution in [0.3, 0.4) is 0 Å². The number of para-hydroxylation sites is 2. The van der Waals surface area contributed by atoms with E-state index in [4.69, 9.17) is 21.6 Å². The summed E-state index contributed by atoms with van der Waals surface area (Å²) in [5.74, 6) is -2.11. The van der Waals surface area contributed by atoms with Crippen LogP contribution in [0.1, 0.15) is 43.4 Å². The Labute approximate surface area is 253 Å². The molecule has 1 amide bonds. The number of rotatable bonds is 6. The van der Waals surface area contributed by atoms with E-state index in [0.29, 0.717) is 11.3 Å². The Kier molecular flexibility index (Phi) is 6.37. The van der Waals surface area contributed by atoms with Gasteiger partial charge in [0.25, 0.3) is 0 Å². The van der Waals surface area contributed by atoms with Crippen molar-refractivity contribution in [1.82, 2.24) is 4.90 Å². The van der Waals surface area contributed by atoms with Crippen molar-refractivity contribution in [1.29, 1.82) is 5.26 Å². The molecule has 1 spiro atoms. The molecule has 3 aliphatic heterocycles. The lowest BCUT2D eigenvalue weighted by molar-refractivity contribution is -0.122. The first-order valence-electron chi connectivity index (χ1n) is 13.9. The number of fused-ring (bicyclic) bond motifs is 6. The van der Waals surface area contributed by atoms with Crippen molar-refractivity contribution in [2.75, 3.05) is 11.9 Å². The van der Waals surface area contributed by atoms with Gasteiger partial charge in [0.2, 0.25) is 5.91 Å². The number of nitriles is 1. The van der Waals surface area contributed by atoms with Gasteiger partial charge in [0, 0.05) is 17.5 Å². The van der Waals surface area contributed by atoms with E-state index < -0.39 is 35.0 Å². The van der Waals surface area contributed by atoms with Crippen molar-refractivity contribution in [3.05, 3.63) is 136 Å². The number of nitrogens with one attached hydrogen (secondary N) is 1. The topological polar surface area (TPSA) is 99.5 Å². The van der Waals surface area contributed by atoms with Gasteiger partial charge < -0.3 is 15.0 Å². The van der Waals surface area contributed by atoms with Gasteiger partial charge in [-0.1, -0.05) is 78.3 Å². The van der Waals surface area contributed by atoms with Gasteiger partial charge in [0.05, 0.1) is 22.5 Å². The Morgan fingerprint density at radius 2 is 1.60 bits per heavy atom. The number of hydrogen-bond donors (Lipinski definition) is 1. The van der Waals surface area contributed by atoms with Gasteiger partial charge >= 0.3 is 0 Å². The fourth-order valence-corrected chi connectivity index (χ4v) is 7.29. The summed E-state index contributed by atoms with van der Waals surface area (Å²) < 4.78 is 5.65. The van der Waals surface area contributed by atoms with Gasteiger partial charge in [-0.05, 0) is 53.1 Å². The molecule has 7 nitrogen and oxygen atoms in total. The zero-order chi connectivity index (χ0) is 29.7. The lowest BCUT2D eigenvalue weighted by atomic mass is 9.62. The van der Waals surface area contributed by atoms with E-state index in [2.05, 4.69) is 5.32 Å². The molecule has 43 heavy (non-hydrogen) atoms. The summed E-state index contributed by atoms with van der Waals surface area (Å²) in [4.78, 5) is 46.1. The third kappa shape index (κ3) is 3.84. The molecule has 7 rings (SSSR count). The number of ether oxygens (including phenoxy) is 1. The number of carbonyl (C=O) groups is 3. The largest absolute Gasteiger partial charge is 0.478 e. The maximum Gasteiger partial charge on any atom is 0.238 e. The van der Waals surface area contributed by atoms with Gasteiger partial charge in [-0.3, -0.25) is 14.4 Å². The van der Waals surface area contributed by atoms with Crippen LogP contribution in [0.25, 0.3) is 6.08 Å². The first kappa shape index (κ1) is 26.7. The van der Waals surface area contributed by atoms with Crippen molar-refractivity contribution in [3.63, 3.8) is 0 Å². The predicted molar refractivity (Wildman–Crippen MR) is 162 cm³/mol. The highest BCUT2D eigenvalue weighted by atomic mass is 35.5. The normalized spacial score (nSPS) is 22.7. The number of carbonyl (C=O) groups excluding carboxylic acids is 3. The van der Waals surface area contributed by atoms with Crippen LogP contribution in [-0.4, -0.2) is 35.0 Å². The van der Waals surface area contributed by atoms with Crippen molar-refractivity contribution >= 4 is 40.8 Å². The summed E-state index contributed by atoms with van der Waals surface area (Å²) >= 11 is 6.61. The van der Waals surface area contributed by atoms with Crippen molar-refractivity contribution in [2.24, 2.45) is 5.92 Å². The number of halogens is 1. The number of benzene rings is 4. The van der Waals surface area contributed by atoms with Crippen LogP contribution >= 0.6 is 11.6 Å². The minimum Gasteiger partial charge on any atom is -0.478 e. The number of amides is 1.